The van der Waals surface area contributed by atoms with E-state index in [1.165, 1.54) is 27.2 Å². The molecule has 1 nitrogen and oxygen atoms in total. The second kappa shape index (κ2) is 8.72. The summed E-state index contributed by atoms with van der Waals surface area (Å²) in [5, 5.41) is 3.95. The summed E-state index contributed by atoms with van der Waals surface area (Å²) in [4.78, 5) is 0. The van der Waals surface area contributed by atoms with Crippen molar-refractivity contribution in [1.82, 2.24) is 0 Å². The summed E-state index contributed by atoms with van der Waals surface area (Å²) in [6, 6.07) is 21.9. The van der Waals surface area contributed by atoms with Crippen molar-refractivity contribution in [2.45, 2.75) is 66.2 Å². The van der Waals surface area contributed by atoms with Crippen molar-refractivity contribution in [3.05, 3.63) is 71.8 Å². The second-order valence-electron chi connectivity index (χ2n) is 10.7. The van der Waals surface area contributed by atoms with Gasteiger partial charge in [-0.1, -0.05) is 110 Å². The summed E-state index contributed by atoms with van der Waals surface area (Å²) < 4.78 is 6.98. The fourth-order valence-corrected chi connectivity index (χ4v) is 6.21. The van der Waals surface area contributed by atoms with Gasteiger partial charge < -0.3 is 4.52 Å². The van der Waals surface area contributed by atoms with Crippen molar-refractivity contribution in [3.8, 4) is 5.75 Å². The standard InChI is InChI=1S/C28H37OP/c1-20(2)19-30(25-18-11-14-21-13-9-10-15-22(21)25)29-24-17-12-16-23(27(3,4)5)26(24)28(6,7)8/h9-18,20H,19H2,1-8H3. The van der Waals surface area contributed by atoms with E-state index in [-0.39, 0.29) is 10.8 Å². The van der Waals surface area contributed by atoms with E-state index in [4.69, 9.17) is 4.52 Å². The molecule has 0 aliphatic heterocycles. The average molecular weight is 421 g/mol. The summed E-state index contributed by atoms with van der Waals surface area (Å²) in [6.45, 7) is 18.4. The number of rotatable bonds is 5. The van der Waals surface area contributed by atoms with Gasteiger partial charge in [0.25, 0.3) is 0 Å². The van der Waals surface area contributed by atoms with Crippen molar-refractivity contribution in [1.29, 1.82) is 0 Å². The van der Waals surface area contributed by atoms with E-state index in [1.54, 1.807) is 0 Å². The van der Waals surface area contributed by atoms with Crippen molar-refractivity contribution in [2.75, 3.05) is 6.16 Å². The predicted molar refractivity (Wildman–Crippen MR) is 135 cm³/mol. The topological polar surface area (TPSA) is 9.23 Å². The molecule has 0 heterocycles. The molecule has 0 N–H and O–H groups in total. The summed E-state index contributed by atoms with van der Waals surface area (Å²) in [5.74, 6) is 1.62. The first-order valence-electron chi connectivity index (χ1n) is 11.1. The van der Waals surface area contributed by atoms with Gasteiger partial charge in [0.1, 0.15) is 13.9 Å². The van der Waals surface area contributed by atoms with Crippen LogP contribution in [-0.4, -0.2) is 6.16 Å². The van der Waals surface area contributed by atoms with E-state index < -0.39 is 8.15 Å². The van der Waals surface area contributed by atoms with Crippen molar-refractivity contribution in [3.63, 3.8) is 0 Å². The smallest absolute Gasteiger partial charge is 0.127 e. The largest absolute Gasteiger partial charge is 0.469 e. The maximum absolute atomic E-state index is 6.98. The molecule has 0 aliphatic rings. The molecule has 0 aliphatic carbocycles. The minimum atomic E-state index is -0.783. The van der Waals surface area contributed by atoms with Gasteiger partial charge in [-0.05, 0) is 39.2 Å². The molecule has 3 aromatic rings. The molecule has 0 saturated carbocycles. The van der Waals surface area contributed by atoms with Gasteiger partial charge in [0.2, 0.25) is 0 Å². The Kier molecular flexibility index (Phi) is 6.63. The van der Waals surface area contributed by atoms with Gasteiger partial charge in [0, 0.05) is 17.0 Å². The summed E-state index contributed by atoms with van der Waals surface area (Å²) in [5.41, 5.74) is 2.80. The molecule has 0 spiro atoms. The summed E-state index contributed by atoms with van der Waals surface area (Å²) in [6.07, 6.45) is 1.05. The lowest BCUT2D eigenvalue weighted by Crippen LogP contribution is -2.23. The molecule has 0 saturated heterocycles. The molecule has 0 amide bonds. The normalized spacial score (nSPS) is 13.6. The van der Waals surface area contributed by atoms with Crippen LogP contribution in [0.1, 0.15) is 66.5 Å². The monoisotopic (exact) mass is 420 g/mol. The Labute approximate surface area is 184 Å². The number of hydrogen-bond acceptors (Lipinski definition) is 1. The van der Waals surface area contributed by atoms with E-state index in [2.05, 4.69) is 116 Å². The van der Waals surface area contributed by atoms with Gasteiger partial charge in [0.05, 0.1) is 0 Å². The molecular weight excluding hydrogens is 383 g/mol. The van der Waals surface area contributed by atoms with E-state index in [1.807, 2.05) is 0 Å². The third-order valence-electron chi connectivity index (χ3n) is 5.36. The molecule has 0 aromatic heterocycles. The zero-order chi connectivity index (χ0) is 22.1. The first-order chi connectivity index (χ1) is 14.0. The molecule has 1 atom stereocenters. The van der Waals surface area contributed by atoms with Gasteiger partial charge >= 0.3 is 0 Å². The fraction of sp³-hybridized carbons (Fsp3) is 0.429. The molecule has 1 unspecified atom stereocenters. The summed E-state index contributed by atoms with van der Waals surface area (Å²) in [7, 11) is -0.783. The van der Waals surface area contributed by atoms with Gasteiger partial charge in [-0.25, -0.2) is 0 Å². The predicted octanol–water partition coefficient (Wildman–Crippen LogP) is 8.19. The average Bonchev–Trinajstić information content (AvgIpc) is 2.65. The maximum atomic E-state index is 6.98. The Hall–Kier alpha value is -1.85. The highest BCUT2D eigenvalue weighted by Crippen LogP contribution is 2.47. The van der Waals surface area contributed by atoms with Crippen LogP contribution in [-0.2, 0) is 10.8 Å². The Balaban J connectivity index is 2.15. The molecule has 30 heavy (non-hydrogen) atoms. The van der Waals surface area contributed by atoms with Crippen molar-refractivity contribution < 1.29 is 4.52 Å². The molecule has 3 rings (SSSR count). The third kappa shape index (κ3) is 5.06. The Morgan fingerprint density at radius 1 is 0.767 bits per heavy atom. The minimum Gasteiger partial charge on any atom is -0.469 e. The Bertz CT molecular complexity index is 1000. The quantitative estimate of drug-likeness (QED) is 0.378. The van der Waals surface area contributed by atoms with Crippen LogP contribution in [0.2, 0.25) is 0 Å². The molecule has 0 fully saturated rings. The van der Waals surface area contributed by atoms with Crippen molar-refractivity contribution >= 4 is 24.2 Å². The molecule has 0 radical (unpaired) electrons. The van der Waals surface area contributed by atoms with Crippen LogP contribution in [0.3, 0.4) is 0 Å². The minimum absolute atomic E-state index is 0.0107. The van der Waals surface area contributed by atoms with E-state index in [0.717, 1.165) is 11.9 Å². The van der Waals surface area contributed by atoms with E-state index in [9.17, 15) is 0 Å². The van der Waals surface area contributed by atoms with Crippen LogP contribution in [0.4, 0.5) is 0 Å². The Morgan fingerprint density at radius 2 is 1.40 bits per heavy atom. The Morgan fingerprint density at radius 3 is 2.03 bits per heavy atom. The third-order valence-corrected chi connectivity index (χ3v) is 7.77. The van der Waals surface area contributed by atoms with Gasteiger partial charge in [-0.15, -0.1) is 0 Å². The summed E-state index contributed by atoms with van der Waals surface area (Å²) >= 11 is 0. The molecule has 2 heteroatoms. The number of fused-ring (bicyclic) bond motifs is 1. The number of benzene rings is 3. The SMILES string of the molecule is CC(C)CP(Oc1cccc(C(C)(C)C)c1C(C)(C)C)c1cccc2ccccc12. The van der Waals surface area contributed by atoms with Gasteiger partial charge in [0.15, 0.2) is 0 Å². The molecular formula is C28H37OP. The van der Waals surface area contributed by atoms with Crippen LogP contribution in [0.15, 0.2) is 60.7 Å². The zero-order valence-electron chi connectivity index (χ0n) is 19.9. The lowest BCUT2D eigenvalue weighted by molar-refractivity contribution is 0.499. The number of hydrogen-bond donors (Lipinski definition) is 0. The van der Waals surface area contributed by atoms with Crippen LogP contribution >= 0.6 is 8.15 Å². The molecule has 160 valence electrons. The van der Waals surface area contributed by atoms with Crippen LogP contribution in [0.5, 0.6) is 5.75 Å². The van der Waals surface area contributed by atoms with Gasteiger partial charge in [-0.2, -0.15) is 0 Å². The highest BCUT2D eigenvalue weighted by atomic mass is 31.1. The molecule has 3 aromatic carbocycles. The lowest BCUT2D eigenvalue weighted by atomic mass is 9.75. The van der Waals surface area contributed by atoms with Crippen LogP contribution < -0.4 is 9.83 Å². The van der Waals surface area contributed by atoms with Crippen molar-refractivity contribution in [2.24, 2.45) is 5.92 Å². The highest BCUT2D eigenvalue weighted by molar-refractivity contribution is 7.61. The first kappa shape index (κ1) is 22.8. The van der Waals surface area contributed by atoms with E-state index >= 15 is 0 Å². The lowest BCUT2D eigenvalue weighted by Gasteiger charge is -2.33. The van der Waals surface area contributed by atoms with Gasteiger partial charge in [-0.3, -0.25) is 0 Å². The first-order valence-corrected chi connectivity index (χ1v) is 12.5. The van der Waals surface area contributed by atoms with Crippen LogP contribution in [0.25, 0.3) is 10.8 Å². The van der Waals surface area contributed by atoms with Crippen LogP contribution in [0, 0.1) is 5.92 Å². The fourth-order valence-electron chi connectivity index (χ4n) is 4.07. The molecule has 0 bridgehead atoms. The highest BCUT2D eigenvalue weighted by Gasteiger charge is 2.30. The zero-order valence-corrected chi connectivity index (χ0v) is 20.8. The van der Waals surface area contributed by atoms with E-state index in [0.29, 0.717) is 5.92 Å². The maximum Gasteiger partial charge on any atom is 0.127 e. The second-order valence-corrected chi connectivity index (χ2v) is 12.5.